The van der Waals surface area contributed by atoms with Crippen LogP contribution in [0.5, 0.6) is 0 Å². The first-order valence-electron chi connectivity index (χ1n) is 9.75. The predicted molar refractivity (Wildman–Crippen MR) is 105 cm³/mol. The van der Waals surface area contributed by atoms with Gasteiger partial charge in [0.25, 0.3) is 0 Å². The molecular weight excluding hydrogens is 417 g/mol. The summed E-state index contributed by atoms with van der Waals surface area (Å²) in [6.07, 6.45) is -4.66. The lowest BCUT2D eigenvalue weighted by Gasteiger charge is -2.30. The Bertz CT molecular complexity index is 923. The maximum absolute atomic E-state index is 13.4. The number of hydrogen-bond donors (Lipinski definition) is 1. The molecule has 9 nitrogen and oxygen atoms in total. The second-order valence-corrected chi connectivity index (χ2v) is 7.12. The van der Waals surface area contributed by atoms with Crippen molar-refractivity contribution in [3.8, 4) is 11.4 Å². The average molecular weight is 438 g/mol. The highest BCUT2D eigenvalue weighted by molar-refractivity contribution is 5.94. The third-order valence-corrected chi connectivity index (χ3v) is 5.00. The molecule has 166 valence electrons. The van der Waals surface area contributed by atoms with Gasteiger partial charge in [0.05, 0.1) is 32.0 Å². The van der Waals surface area contributed by atoms with Gasteiger partial charge in [0, 0.05) is 37.3 Å². The van der Waals surface area contributed by atoms with E-state index in [1.165, 1.54) is 6.07 Å². The van der Waals surface area contributed by atoms with Crippen LogP contribution in [0, 0.1) is 0 Å². The molecule has 2 fully saturated rings. The molecule has 0 radical (unpaired) electrons. The molecule has 0 atom stereocenters. The first-order valence-corrected chi connectivity index (χ1v) is 9.75. The van der Waals surface area contributed by atoms with Crippen molar-refractivity contribution in [3.05, 3.63) is 29.3 Å². The van der Waals surface area contributed by atoms with Crippen LogP contribution in [0.25, 0.3) is 11.4 Å². The number of amides is 1. The maximum Gasteiger partial charge on any atom is 0.416 e. The molecule has 1 aromatic carbocycles. The van der Waals surface area contributed by atoms with Crippen molar-refractivity contribution in [1.29, 1.82) is 0 Å². The number of rotatable bonds is 4. The number of hydrogen-bond acceptors (Lipinski definition) is 8. The number of ether oxygens (including phenoxy) is 2. The van der Waals surface area contributed by atoms with Crippen LogP contribution >= 0.6 is 0 Å². The second-order valence-electron chi connectivity index (χ2n) is 7.12. The summed E-state index contributed by atoms with van der Waals surface area (Å²) in [7, 11) is 0. The van der Waals surface area contributed by atoms with Crippen LogP contribution in [-0.4, -0.2) is 73.5 Å². The minimum atomic E-state index is -4.66. The number of nitrogens with two attached hydrogens (primary N) is 1. The minimum absolute atomic E-state index is 0.0339. The zero-order valence-corrected chi connectivity index (χ0v) is 16.6. The Balaban J connectivity index is 1.82. The fourth-order valence-electron chi connectivity index (χ4n) is 3.36. The molecule has 2 N–H and O–H groups in total. The summed E-state index contributed by atoms with van der Waals surface area (Å²) in [4.78, 5) is 28.8. The number of halogens is 3. The Morgan fingerprint density at radius 3 is 1.84 bits per heavy atom. The topological polar surface area (TPSA) is 107 Å². The van der Waals surface area contributed by atoms with Crippen LogP contribution in [0.4, 0.5) is 25.1 Å². The van der Waals surface area contributed by atoms with Crippen LogP contribution in [0.3, 0.4) is 0 Å². The number of benzene rings is 1. The molecule has 2 aliphatic heterocycles. The normalized spacial score (nSPS) is 17.6. The fourth-order valence-corrected chi connectivity index (χ4v) is 3.36. The molecule has 0 spiro atoms. The largest absolute Gasteiger partial charge is 0.416 e. The van der Waals surface area contributed by atoms with Gasteiger partial charge in [0.1, 0.15) is 0 Å². The third-order valence-electron chi connectivity index (χ3n) is 5.00. The van der Waals surface area contributed by atoms with Crippen LogP contribution in [0.15, 0.2) is 18.2 Å². The number of alkyl halides is 3. The lowest BCUT2D eigenvalue weighted by Crippen LogP contribution is -2.40. The number of carbonyl (C=O) groups is 1. The molecule has 1 amide bonds. The maximum atomic E-state index is 13.4. The van der Waals surface area contributed by atoms with Gasteiger partial charge < -0.3 is 25.0 Å². The third kappa shape index (κ3) is 4.85. The van der Waals surface area contributed by atoms with E-state index in [0.29, 0.717) is 64.5 Å². The summed E-state index contributed by atoms with van der Waals surface area (Å²) in [5.41, 5.74) is 4.03. The van der Waals surface area contributed by atoms with Crippen molar-refractivity contribution < 1.29 is 27.4 Å². The lowest BCUT2D eigenvalue weighted by atomic mass is 10.0. The van der Waals surface area contributed by atoms with E-state index in [9.17, 15) is 18.0 Å². The number of aromatic nitrogens is 3. The molecular formula is C19H21F3N6O3. The monoisotopic (exact) mass is 438 g/mol. The van der Waals surface area contributed by atoms with E-state index in [-0.39, 0.29) is 17.0 Å². The standard InChI is InChI=1S/C19H21F3N6O3/c20-19(21,22)14-10-12(15(23)29)9-13(11-14)16-24-17(27-1-5-30-6-2-27)26-18(25-16)28-3-7-31-8-4-28/h9-11H,1-8H2,(H2,23,29). The first kappa shape index (κ1) is 21.2. The number of morpholine rings is 2. The van der Waals surface area contributed by atoms with Crippen molar-refractivity contribution in [2.45, 2.75) is 6.18 Å². The van der Waals surface area contributed by atoms with Crippen molar-refractivity contribution in [2.75, 3.05) is 62.4 Å². The molecule has 2 aliphatic rings. The molecule has 31 heavy (non-hydrogen) atoms. The summed E-state index contributed by atoms with van der Waals surface area (Å²) < 4.78 is 51.0. The molecule has 0 aliphatic carbocycles. The SMILES string of the molecule is NC(=O)c1cc(-c2nc(N3CCOCC3)nc(N3CCOCC3)n2)cc(C(F)(F)F)c1. The van der Waals surface area contributed by atoms with Gasteiger partial charge >= 0.3 is 6.18 Å². The predicted octanol–water partition coefficient (Wildman–Crippen LogP) is 1.33. The fraction of sp³-hybridized carbons (Fsp3) is 0.474. The van der Waals surface area contributed by atoms with Crippen molar-refractivity contribution in [1.82, 2.24) is 15.0 Å². The molecule has 4 rings (SSSR count). The Morgan fingerprint density at radius 1 is 0.871 bits per heavy atom. The zero-order chi connectivity index (χ0) is 22.0. The van der Waals surface area contributed by atoms with E-state index in [4.69, 9.17) is 15.2 Å². The van der Waals surface area contributed by atoms with Gasteiger partial charge in [-0.05, 0) is 18.2 Å². The Labute approximate surface area is 176 Å². The average Bonchev–Trinajstić information content (AvgIpc) is 2.79. The Hall–Kier alpha value is -2.99. The number of nitrogens with zero attached hydrogens (tertiary/aromatic N) is 5. The second kappa shape index (κ2) is 8.63. The van der Waals surface area contributed by atoms with Crippen molar-refractivity contribution in [3.63, 3.8) is 0 Å². The van der Waals surface area contributed by atoms with E-state index in [2.05, 4.69) is 15.0 Å². The lowest BCUT2D eigenvalue weighted by molar-refractivity contribution is -0.137. The highest BCUT2D eigenvalue weighted by Gasteiger charge is 2.32. The highest BCUT2D eigenvalue weighted by Crippen LogP contribution is 2.33. The minimum Gasteiger partial charge on any atom is -0.378 e. The molecule has 2 saturated heterocycles. The zero-order valence-electron chi connectivity index (χ0n) is 16.6. The van der Waals surface area contributed by atoms with Gasteiger partial charge in [-0.15, -0.1) is 0 Å². The number of carbonyl (C=O) groups excluding carboxylic acids is 1. The smallest absolute Gasteiger partial charge is 0.378 e. The first-order chi connectivity index (χ1) is 14.8. The Kier molecular flexibility index (Phi) is 5.92. The molecule has 12 heteroatoms. The van der Waals surface area contributed by atoms with Crippen LogP contribution in [0.2, 0.25) is 0 Å². The summed E-state index contributed by atoms with van der Waals surface area (Å²) in [6.45, 7) is 4.13. The summed E-state index contributed by atoms with van der Waals surface area (Å²) in [6, 6.07) is 2.89. The highest BCUT2D eigenvalue weighted by atomic mass is 19.4. The van der Waals surface area contributed by atoms with E-state index in [0.717, 1.165) is 12.1 Å². The van der Waals surface area contributed by atoms with E-state index >= 15 is 0 Å². The van der Waals surface area contributed by atoms with Gasteiger partial charge in [-0.3, -0.25) is 4.79 Å². The molecule has 2 aromatic rings. The quantitative estimate of drug-likeness (QED) is 0.762. The van der Waals surface area contributed by atoms with E-state index in [1.54, 1.807) is 0 Å². The van der Waals surface area contributed by atoms with Crippen molar-refractivity contribution >= 4 is 17.8 Å². The summed E-state index contributed by atoms with van der Waals surface area (Å²) in [5.74, 6) is -0.254. The van der Waals surface area contributed by atoms with Gasteiger partial charge in [-0.2, -0.15) is 28.1 Å². The molecule has 0 unspecified atom stereocenters. The van der Waals surface area contributed by atoms with E-state index in [1.807, 2.05) is 9.80 Å². The van der Waals surface area contributed by atoms with Gasteiger partial charge in [0.2, 0.25) is 17.8 Å². The number of primary amides is 1. The van der Waals surface area contributed by atoms with Crippen LogP contribution < -0.4 is 15.5 Å². The van der Waals surface area contributed by atoms with Crippen LogP contribution in [-0.2, 0) is 15.7 Å². The van der Waals surface area contributed by atoms with E-state index < -0.39 is 17.6 Å². The number of anilines is 2. The molecule has 3 heterocycles. The van der Waals surface area contributed by atoms with Crippen molar-refractivity contribution in [2.24, 2.45) is 5.73 Å². The summed E-state index contributed by atoms with van der Waals surface area (Å²) >= 11 is 0. The van der Waals surface area contributed by atoms with Gasteiger partial charge in [-0.1, -0.05) is 0 Å². The van der Waals surface area contributed by atoms with Crippen LogP contribution in [0.1, 0.15) is 15.9 Å². The molecule has 1 aromatic heterocycles. The van der Waals surface area contributed by atoms with Gasteiger partial charge in [-0.25, -0.2) is 0 Å². The molecule has 0 bridgehead atoms. The molecule has 0 saturated carbocycles. The summed E-state index contributed by atoms with van der Waals surface area (Å²) in [5, 5.41) is 0. The van der Waals surface area contributed by atoms with Gasteiger partial charge in [0.15, 0.2) is 5.82 Å². The Morgan fingerprint density at radius 2 is 1.39 bits per heavy atom.